The van der Waals surface area contributed by atoms with E-state index in [1.54, 1.807) is 7.11 Å². The highest BCUT2D eigenvalue weighted by Gasteiger charge is 2.40. The Morgan fingerprint density at radius 3 is 2.71 bits per heavy atom. The number of rotatable bonds is 4. The molecule has 1 saturated heterocycles. The Labute approximate surface area is 145 Å². The molecule has 24 heavy (non-hydrogen) atoms. The maximum absolute atomic E-state index is 5.45. The second-order valence-corrected chi connectivity index (χ2v) is 7.42. The number of likely N-dealkylation sites (tertiary alicyclic amines) is 1. The highest BCUT2D eigenvalue weighted by Crippen LogP contribution is 2.45. The van der Waals surface area contributed by atoms with Crippen molar-refractivity contribution in [1.29, 1.82) is 0 Å². The first-order chi connectivity index (χ1) is 11.8. The Balaban J connectivity index is 1.50. The Morgan fingerprint density at radius 1 is 1.00 bits per heavy atom. The summed E-state index contributed by atoms with van der Waals surface area (Å²) in [5.74, 6) is 3.35. The zero-order valence-electron chi connectivity index (χ0n) is 14.5. The van der Waals surface area contributed by atoms with Crippen LogP contribution in [0.25, 0.3) is 0 Å². The molecular formula is C22H27NO. The molecule has 2 aliphatic rings. The standard InChI is InChI=1S/C22H27NO/c1-24-20-11-5-9-18(13-20)21-12-6-10-19-15-23(16-22(19)21)14-17-7-3-2-4-8-17/h2-5,7-9,11,13,19,21-22H,6,10,12,14-16H2,1H3/t19-,21+,22-/m1/s1. The third kappa shape index (κ3) is 3.21. The van der Waals surface area contributed by atoms with E-state index in [9.17, 15) is 0 Å². The summed E-state index contributed by atoms with van der Waals surface area (Å²) in [4.78, 5) is 2.67. The molecule has 1 saturated carbocycles. The summed E-state index contributed by atoms with van der Waals surface area (Å²) in [5.41, 5.74) is 2.92. The molecule has 1 heterocycles. The summed E-state index contributed by atoms with van der Waals surface area (Å²) in [6.07, 6.45) is 4.09. The van der Waals surface area contributed by atoms with Gasteiger partial charge in [-0.1, -0.05) is 48.9 Å². The van der Waals surface area contributed by atoms with Crippen LogP contribution in [0.3, 0.4) is 0 Å². The third-order valence-corrected chi connectivity index (χ3v) is 5.95. The van der Waals surface area contributed by atoms with Crippen LogP contribution in [0, 0.1) is 11.8 Å². The molecular weight excluding hydrogens is 294 g/mol. The van der Waals surface area contributed by atoms with Crippen LogP contribution in [0.2, 0.25) is 0 Å². The first-order valence-electron chi connectivity index (χ1n) is 9.23. The summed E-state index contributed by atoms with van der Waals surface area (Å²) in [5, 5.41) is 0. The van der Waals surface area contributed by atoms with E-state index in [1.807, 2.05) is 0 Å². The monoisotopic (exact) mass is 321 g/mol. The van der Waals surface area contributed by atoms with E-state index in [1.165, 1.54) is 43.5 Å². The van der Waals surface area contributed by atoms with E-state index in [-0.39, 0.29) is 0 Å². The van der Waals surface area contributed by atoms with Gasteiger partial charge in [0.05, 0.1) is 7.11 Å². The van der Waals surface area contributed by atoms with Gasteiger partial charge in [0.1, 0.15) is 5.75 Å². The highest BCUT2D eigenvalue weighted by atomic mass is 16.5. The fourth-order valence-electron chi connectivity index (χ4n) is 4.82. The number of methoxy groups -OCH3 is 1. The van der Waals surface area contributed by atoms with E-state index < -0.39 is 0 Å². The van der Waals surface area contributed by atoms with Gasteiger partial charge in [-0.05, 0) is 53.9 Å². The second-order valence-electron chi connectivity index (χ2n) is 7.42. The van der Waals surface area contributed by atoms with Crippen molar-refractivity contribution >= 4 is 0 Å². The van der Waals surface area contributed by atoms with Crippen LogP contribution in [0.4, 0.5) is 0 Å². The zero-order chi connectivity index (χ0) is 16.4. The molecule has 0 amide bonds. The number of benzene rings is 2. The molecule has 126 valence electrons. The molecule has 2 aromatic carbocycles. The maximum atomic E-state index is 5.45. The smallest absolute Gasteiger partial charge is 0.119 e. The number of hydrogen-bond donors (Lipinski definition) is 0. The molecule has 0 spiro atoms. The van der Waals surface area contributed by atoms with Crippen LogP contribution in [-0.4, -0.2) is 25.1 Å². The lowest BCUT2D eigenvalue weighted by Gasteiger charge is -2.33. The minimum absolute atomic E-state index is 0.694. The van der Waals surface area contributed by atoms with E-state index >= 15 is 0 Å². The number of nitrogens with zero attached hydrogens (tertiary/aromatic N) is 1. The predicted octanol–water partition coefficient (Wildman–Crippen LogP) is 4.71. The molecule has 0 aromatic heterocycles. The van der Waals surface area contributed by atoms with Crippen molar-refractivity contribution < 1.29 is 4.74 Å². The van der Waals surface area contributed by atoms with Gasteiger partial charge in [-0.2, -0.15) is 0 Å². The van der Waals surface area contributed by atoms with E-state index in [0.29, 0.717) is 5.92 Å². The van der Waals surface area contributed by atoms with Crippen molar-refractivity contribution in [1.82, 2.24) is 4.90 Å². The molecule has 0 N–H and O–H groups in total. The Bertz CT molecular complexity index is 669. The topological polar surface area (TPSA) is 12.5 Å². The van der Waals surface area contributed by atoms with Crippen LogP contribution in [0.5, 0.6) is 5.75 Å². The lowest BCUT2D eigenvalue weighted by molar-refractivity contribution is 0.257. The minimum atomic E-state index is 0.694. The molecule has 4 rings (SSSR count). The average molecular weight is 321 g/mol. The Hall–Kier alpha value is -1.80. The van der Waals surface area contributed by atoms with Crippen LogP contribution in [0.1, 0.15) is 36.3 Å². The summed E-state index contributed by atoms with van der Waals surface area (Å²) in [7, 11) is 1.76. The summed E-state index contributed by atoms with van der Waals surface area (Å²) in [6, 6.07) is 19.7. The fraction of sp³-hybridized carbons (Fsp3) is 0.455. The Morgan fingerprint density at radius 2 is 1.88 bits per heavy atom. The van der Waals surface area contributed by atoms with E-state index in [2.05, 4.69) is 59.5 Å². The van der Waals surface area contributed by atoms with Crippen molar-refractivity contribution in [3.8, 4) is 5.75 Å². The van der Waals surface area contributed by atoms with Crippen LogP contribution < -0.4 is 4.74 Å². The van der Waals surface area contributed by atoms with Crippen molar-refractivity contribution in [3.05, 3.63) is 65.7 Å². The van der Waals surface area contributed by atoms with Crippen molar-refractivity contribution in [2.24, 2.45) is 11.8 Å². The first-order valence-corrected chi connectivity index (χ1v) is 9.23. The van der Waals surface area contributed by atoms with Crippen LogP contribution in [-0.2, 0) is 6.54 Å². The number of hydrogen-bond acceptors (Lipinski definition) is 2. The van der Waals surface area contributed by atoms with Gasteiger partial charge in [0.15, 0.2) is 0 Å². The van der Waals surface area contributed by atoms with Gasteiger partial charge in [0, 0.05) is 19.6 Å². The van der Waals surface area contributed by atoms with Gasteiger partial charge < -0.3 is 4.74 Å². The van der Waals surface area contributed by atoms with Gasteiger partial charge in [-0.15, -0.1) is 0 Å². The molecule has 2 nitrogen and oxygen atoms in total. The molecule has 2 fully saturated rings. The Kier molecular flexibility index (Phi) is 4.57. The quantitative estimate of drug-likeness (QED) is 0.808. The summed E-state index contributed by atoms with van der Waals surface area (Å²) in [6.45, 7) is 3.60. The first kappa shape index (κ1) is 15.7. The van der Waals surface area contributed by atoms with Gasteiger partial charge in [-0.25, -0.2) is 0 Å². The number of ether oxygens (including phenoxy) is 1. The van der Waals surface area contributed by atoms with Crippen LogP contribution >= 0.6 is 0 Å². The van der Waals surface area contributed by atoms with Crippen molar-refractivity contribution in [2.45, 2.75) is 31.7 Å². The molecule has 2 heteroatoms. The van der Waals surface area contributed by atoms with Crippen LogP contribution in [0.15, 0.2) is 54.6 Å². The second kappa shape index (κ2) is 6.98. The summed E-state index contributed by atoms with van der Waals surface area (Å²) < 4.78 is 5.45. The zero-order valence-corrected chi connectivity index (χ0v) is 14.5. The van der Waals surface area contributed by atoms with Crippen molar-refractivity contribution in [3.63, 3.8) is 0 Å². The molecule has 1 aliphatic heterocycles. The third-order valence-electron chi connectivity index (χ3n) is 5.95. The summed E-state index contributed by atoms with van der Waals surface area (Å²) >= 11 is 0. The van der Waals surface area contributed by atoms with Crippen molar-refractivity contribution in [2.75, 3.05) is 20.2 Å². The fourth-order valence-corrected chi connectivity index (χ4v) is 4.82. The van der Waals surface area contributed by atoms with E-state index in [0.717, 1.165) is 24.1 Å². The lowest BCUT2D eigenvalue weighted by atomic mass is 9.71. The van der Waals surface area contributed by atoms with Gasteiger partial charge >= 0.3 is 0 Å². The average Bonchev–Trinajstić information content (AvgIpc) is 3.05. The molecule has 3 atom stereocenters. The maximum Gasteiger partial charge on any atom is 0.119 e. The predicted molar refractivity (Wildman–Crippen MR) is 98.3 cm³/mol. The highest BCUT2D eigenvalue weighted by molar-refractivity contribution is 5.32. The largest absolute Gasteiger partial charge is 0.497 e. The SMILES string of the molecule is COc1cccc([C@@H]2CCC[C@@H]3CN(Cc4ccccc4)C[C@H]32)c1. The molecule has 2 aromatic rings. The normalized spacial score (nSPS) is 27.0. The molecule has 0 unspecified atom stereocenters. The molecule has 0 bridgehead atoms. The van der Waals surface area contributed by atoms with E-state index in [4.69, 9.17) is 4.74 Å². The molecule has 0 radical (unpaired) electrons. The minimum Gasteiger partial charge on any atom is -0.497 e. The lowest BCUT2D eigenvalue weighted by Crippen LogP contribution is -2.25. The van der Waals surface area contributed by atoms with Gasteiger partial charge in [0.25, 0.3) is 0 Å². The van der Waals surface area contributed by atoms with Gasteiger partial charge in [0.2, 0.25) is 0 Å². The number of fused-ring (bicyclic) bond motifs is 1. The van der Waals surface area contributed by atoms with Gasteiger partial charge in [-0.3, -0.25) is 4.90 Å². The molecule has 1 aliphatic carbocycles.